The number of carbonyl (C=O) groups is 1. The van der Waals surface area contributed by atoms with Crippen molar-refractivity contribution in [2.24, 2.45) is 0 Å². The largest absolute Gasteiger partial charge is 0.460 e. The first kappa shape index (κ1) is 22.4. The minimum Gasteiger partial charge on any atom is -0.421 e. The lowest BCUT2D eigenvalue weighted by Crippen LogP contribution is -2.68. The van der Waals surface area contributed by atoms with E-state index in [-0.39, 0.29) is 0 Å². The maximum absolute atomic E-state index is 13.0. The van der Waals surface area contributed by atoms with Crippen LogP contribution in [0.25, 0.3) is 0 Å². The van der Waals surface area contributed by atoms with Crippen LogP contribution in [-0.2, 0) is 9.53 Å². The third kappa shape index (κ3) is 3.27. The van der Waals surface area contributed by atoms with Crippen molar-refractivity contribution in [1.29, 1.82) is 0 Å². The number of esters is 1. The fourth-order valence-electron chi connectivity index (χ4n) is 0.996. The van der Waals surface area contributed by atoms with Gasteiger partial charge in [-0.25, -0.2) is 4.79 Å². The summed E-state index contributed by atoms with van der Waals surface area (Å²) in [5.41, 5.74) is -0.885. The highest BCUT2D eigenvalue weighted by Crippen LogP contribution is 2.58. The second-order valence-electron chi connectivity index (χ2n) is 4.35. The average Bonchev–Trinajstić information content (AvgIpc) is 2.36. The van der Waals surface area contributed by atoms with E-state index < -0.39 is 47.8 Å². The molecule has 0 aromatic carbocycles. The van der Waals surface area contributed by atoms with Crippen LogP contribution in [0.2, 0.25) is 0 Å². The average molecular weight is 386 g/mol. The third-order valence-electron chi connectivity index (χ3n) is 2.41. The summed E-state index contributed by atoms with van der Waals surface area (Å²) in [5, 5.41) is 0. The van der Waals surface area contributed by atoms with Crippen LogP contribution in [-0.4, -0.2) is 42.2 Å². The first-order valence-electron chi connectivity index (χ1n) is 5.33. The zero-order valence-corrected chi connectivity index (χ0v) is 11.1. The number of rotatable bonds is 6. The monoisotopic (exact) mass is 386 g/mol. The molecule has 0 aliphatic rings. The Morgan fingerprint density at radius 1 is 0.833 bits per heavy atom. The molecule has 0 heterocycles. The molecule has 2 nitrogen and oxygen atoms in total. The number of halogens is 12. The Morgan fingerprint density at radius 2 is 1.21 bits per heavy atom. The molecule has 0 spiro atoms. The van der Waals surface area contributed by atoms with E-state index in [0.717, 1.165) is 0 Å². The van der Waals surface area contributed by atoms with Gasteiger partial charge in [-0.3, -0.25) is 0 Å². The van der Waals surface area contributed by atoms with E-state index in [1.807, 2.05) is 0 Å². The van der Waals surface area contributed by atoms with Gasteiger partial charge in [0, 0.05) is 5.57 Å². The number of hydrogen-bond acceptors (Lipinski definition) is 2. The number of carbonyl (C=O) groups excluding carboxylic acids is 1. The van der Waals surface area contributed by atoms with Crippen molar-refractivity contribution in [3.8, 4) is 0 Å². The molecule has 0 aromatic rings. The van der Waals surface area contributed by atoms with Crippen molar-refractivity contribution in [3.63, 3.8) is 0 Å². The lowest BCUT2D eigenvalue weighted by atomic mass is 9.98. The molecule has 0 aliphatic heterocycles. The first-order valence-corrected chi connectivity index (χ1v) is 5.33. The summed E-state index contributed by atoms with van der Waals surface area (Å²) in [4.78, 5) is 10.7. The van der Waals surface area contributed by atoms with Crippen molar-refractivity contribution in [2.75, 3.05) is 0 Å². The van der Waals surface area contributed by atoms with Crippen molar-refractivity contribution < 1.29 is 62.2 Å². The highest BCUT2D eigenvalue weighted by molar-refractivity contribution is 5.87. The van der Waals surface area contributed by atoms with Gasteiger partial charge in [0.25, 0.3) is 0 Å². The van der Waals surface area contributed by atoms with Crippen molar-refractivity contribution in [2.45, 2.75) is 43.1 Å². The van der Waals surface area contributed by atoms with E-state index in [1.165, 1.54) is 0 Å². The van der Waals surface area contributed by atoms with Crippen LogP contribution in [0.5, 0.6) is 0 Å². The van der Waals surface area contributed by atoms with Crippen molar-refractivity contribution in [3.05, 3.63) is 12.2 Å². The summed E-state index contributed by atoms with van der Waals surface area (Å²) in [6, 6.07) is 0. The molecule has 0 amide bonds. The Bertz CT molecular complexity index is 506. The molecule has 1 atom stereocenters. The minimum absolute atomic E-state index is 0.678. The van der Waals surface area contributed by atoms with Gasteiger partial charge < -0.3 is 4.74 Å². The molecule has 24 heavy (non-hydrogen) atoms. The van der Waals surface area contributed by atoms with E-state index >= 15 is 0 Å². The topological polar surface area (TPSA) is 26.3 Å². The smallest absolute Gasteiger partial charge is 0.421 e. The van der Waals surface area contributed by atoms with Gasteiger partial charge in [0.15, 0.2) is 0 Å². The van der Waals surface area contributed by atoms with Crippen LogP contribution >= 0.6 is 0 Å². The van der Waals surface area contributed by atoms with Crippen LogP contribution in [0, 0.1) is 0 Å². The molecule has 0 aromatic heterocycles. The van der Waals surface area contributed by atoms with Gasteiger partial charge in [-0.05, 0) is 6.92 Å². The van der Waals surface area contributed by atoms with Gasteiger partial charge in [0.05, 0.1) is 0 Å². The summed E-state index contributed by atoms with van der Waals surface area (Å²) in [5.74, 6) is -32.1. The van der Waals surface area contributed by atoms with Gasteiger partial charge >= 0.3 is 42.2 Å². The van der Waals surface area contributed by atoms with Crippen LogP contribution in [0.15, 0.2) is 12.2 Å². The zero-order valence-electron chi connectivity index (χ0n) is 11.1. The predicted octanol–water partition coefficient (Wildman–Crippen LogP) is 4.50. The van der Waals surface area contributed by atoms with E-state index in [0.29, 0.717) is 6.92 Å². The van der Waals surface area contributed by atoms with E-state index in [2.05, 4.69) is 11.3 Å². The Labute approximate surface area is 125 Å². The molecule has 0 saturated carbocycles. The Hall–Kier alpha value is -1.63. The summed E-state index contributed by atoms with van der Waals surface area (Å²) in [6.07, 6.45) is -12.3. The SMILES string of the molecule is C=C(C)C(=O)OC(F)C(F)(F)C(F)(F)C(F)(F)C(F)(F)C(F)(F)F. The van der Waals surface area contributed by atoms with Crippen LogP contribution in [0.4, 0.5) is 52.7 Å². The normalized spacial score (nSPS) is 15.9. The molecule has 0 aliphatic carbocycles. The molecule has 0 saturated heterocycles. The summed E-state index contributed by atoms with van der Waals surface area (Å²) in [6.45, 7) is 3.36. The maximum Gasteiger partial charge on any atom is 0.460 e. The molecule has 0 N–H and O–H groups in total. The van der Waals surface area contributed by atoms with Gasteiger partial charge in [-0.2, -0.15) is 52.7 Å². The second-order valence-corrected chi connectivity index (χ2v) is 4.35. The van der Waals surface area contributed by atoms with E-state index in [4.69, 9.17) is 0 Å². The quantitative estimate of drug-likeness (QED) is 0.382. The van der Waals surface area contributed by atoms with Gasteiger partial charge in [0.1, 0.15) is 0 Å². The lowest BCUT2D eigenvalue weighted by Gasteiger charge is -2.37. The lowest BCUT2D eigenvalue weighted by molar-refractivity contribution is -0.433. The van der Waals surface area contributed by atoms with Crippen LogP contribution < -0.4 is 0 Å². The third-order valence-corrected chi connectivity index (χ3v) is 2.41. The zero-order chi connectivity index (χ0) is 19.9. The Balaban J connectivity index is 5.93. The second kappa shape index (κ2) is 6.02. The number of ether oxygens (including phenoxy) is 1. The molecule has 0 bridgehead atoms. The van der Waals surface area contributed by atoms with Crippen molar-refractivity contribution in [1.82, 2.24) is 0 Å². The van der Waals surface area contributed by atoms with Crippen LogP contribution in [0.1, 0.15) is 6.92 Å². The highest BCUT2D eigenvalue weighted by Gasteiger charge is 2.88. The molecular weight excluding hydrogens is 380 g/mol. The summed E-state index contributed by atoms with van der Waals surface area (Å²) >= 11 is 0. The number of hydrogen-bond donors (Lipinski definition) is 0. The molecule has 1 unspecified atom stereocenters. The molecule has 142 valence electrons. The Morgan fingerprint density at radius 3 is 1.50 bits per heavy atom. The fourth-order valence-corrected chi connectivity index (χ4v) is 0.996. The molecule has 0 fully saturated rings. The maximum atomic E-state index is 13.0. The highest BCUT2D eigenvalue weighted by atomic mass is 19.4. The summed E-state index contributed by atoms with van der Waals surface area (Å²) < 4.78 is 154. The molecule has 0 radical (unpaired) electrons. The Kier molecular flexibility index (Phi) is 5.61. The molecular formula is C10H6F12O2. The van der Waals surface area contributed by atoms with Gasteiger partial charge in [-0.15, -0.1) is 0 Å². The number of alkyl halides is 12. The van der Waals surface area contributed by atoms with Crippen molar-refractivity contribution >= 4 is 5.97 Å². The predicted molar refractivity (Wildman–Crippen MR) is 51.6 cm³/mol. The fraction of sp³-hybridized carbons (Fsp3) is 0.700. The van der Waals surface area contributed by atoms with Gasteiger partial charge in [0.2, 0.25) is 0 Å². The van der Waals surface area contributed by atoms with Gasteiger partial charge in [-0.1, -0.05) is 6.58 Å². The minimum atomic E-state index is -7.78. The van der Waals surface area contributed by atoms with Crippen LogP contribution in [0.3, 0.4) is 0 Å². The first-order chi connectivity index (χ1) is 10.2. The standard InChI is InChI=1S/C10H6F12O2/c1-3(2)4(23)24-5(11)6(12,13)7(14,15)8(16,17)9(18,19)10(20,21)22/h5H,1H2,2H3. The van der Waals surface area contributed by atoms with E-state index in [1.54, 1.807) is 0 Å². The molecule has 14 heteroatoms. The van der Waals surface area contributed by atoms with E-state index in [9.17, 15) is 57.5 Å². The summed E-state index contributed by atoms with van der Waals surface area (Å²) in [7, 11) is 0. The molecule has 0 rings (SSSR count).